The zero-order valence-electron chi connectivity index (χ0n) is 9.96. The maximum atomic E-state index is 13.0. The van der Waals surface area contributed by atoms with Crippen molar-refractivity contribution < 1.29 is 52.0 Å². The Balaban J connectivity index is 5.74. The molecule has 0 saturated carbocycles. The molecular formula is C7H8F8O4S2. The van der Waals surface area contributed by atoms with Gasteiger partial charge in [-0.2, -0.15) is 26.3 Å². The molecule has 0 aromatic rings. The first-order valence-corrected chi connectivity index (χ1v) is 8.23. The highest BCUT2D eigenvalue weighted by molar-refractivity contribution is 8.09. The fourth-order valence-corrected chi connectivity index (χ4v) is 4.73. The molecule has 0 amide bonds. The average molecular weight is 372 g/mol. The first kappa shape index (κ1) is 20.3. The summed E-state index contributed by atoms with van der Waals surface area (Å²) in [5, 5.41) is 0. The third kappa shape index (κ3) is 5.92. The Kier molecular flexibility index (Phi) is 5.34. The summed E-state index contributed by atoms with van der Waals surface area (Å²) < 4.78 is 138. The van der Waals surface area contributed by atoms with Crippen LogP contribution in [0, 0.1) is 0 Å². The fraction of sp³-hybridized carbons (Fsp3) is 1.00. The maximum Gasteiger partial charge on any atom is 0.498 e. The van der Waals surface area contributed by atoms with E-state index in [9.17, 15) is 52.0 Å². The van der Waals surface area contributed by atoms with Gasteiger partial charge >= 0.3 is 11.7 Å². The van der Waals surface area contributed by atoms with Crippen LogP contribution in [0.2, 0.25) is 0 Å². The zero-order valence-corrected chi connectivity index (χ0v) is 11.6. The summed E-state index contributed by atoms with van der Waals surface area (Å²) in [7, 11) is -11.9. The van der Waals surface area contributed by atoms with Gasteiger partial charge in [-0.1, -0.05) is 0 Å². The van der Waals surface area contributed by atoms with E-state index >= 15 is 0 Å². The van der Waals surface area contributed by atoms with E-state index in [1.807, 2.05) is 0 Å². The molecule has 128 valence electrons. The number of sulfone groups is 2. The minimum Gasteiger partial charge on any atom is -0.228 e. The predicted molar refractivity (Wildman–Crippen MR) is 53.8 cm³/mol. The van der Waals surface area contributed by atoms with Gasteiger partial charge in [0.1, 0.15) is 6.42 Å². The van der Waals surface area contributed by atoms with Crippen LogP contribution in [-0.4, -0.2) is 45.3 Å². The zero-order chi connectivity index (χ0) is 17.5. The SMILES string of the molecule is CS(=O)(=O)C(CC(F)(F)CC(F)(F)F)S(=O)(=O)C(F)(F)F. The topological polar surface area (TPSA) is 68.3 Å². The van der Waals surface area contributed by atoms with Crippen LogP contribution in [0.1, 0.15) is 12.8 Å². The van der Waals surface area contributed by atoms with Crippen LogP contribution in [0.3, 0.4) is 0 Å². The van der Waals surface area contributed by atoms with Gasteiger partial charge in [-0.05, 0) is 0 Å². The van der Waals surface area contributed by atoms with Gasteiger partial charge in [0.05, 0.1) is 0 Å². The van der Waals surface area contributed by atoms with Gasteiger partial charge in [-0.25, -0.2) is 25.6 Å². The highest BCUT2D eigenvalue weighted by atomic mass is 32.3. The Labute approximate surface area is 114 Å². The van der Waals surface area contributed by atoms with Crippen LogP contribution >= 0.6 is 0 Å². The monoisotopic (exact) mass is 372 g/mol. The van der Waals surface area contributed by atoms with Crippen LogP contribution in [0.5, 0.6) is 0 Å². The van der Waals surface area contributed by atoms with Gasteiger partial charge in [0.15, 0.2) is 14.4 Å². The van der Waals surface area contributed by atoms with Crippen molar-refractivity contribution in [2.45, 2.75) is 35.0 Å². The Morgan fingerprint density at radius 2 is 1.24 bits per heavy atom. The van der Waals surface area contributed by atoms with Crippen LogP contribution in [0.4, 0.5) is 35.1 Å². The largest absolute Gasteiger partial charge is 0.498 e. The van der Waals surface area contributed by atoms with E-state index in [2.05, 4.69) is 0 Å². The molecule has 0 aromatic carbocycles. The summed E-state index contributed by atoms with van der Waals surface area (Å²) >= 11 is 0. The van der Waals surface area contributed by atoms with Crippen LogP contribution in [-0.2, 0) is 19.7 Å². The first-order chi connectivity index (χ1) is 8.80. The maximum absolute atomic E-state index is 13.0. The molecule has 0 N–H and O–H groups in total. The quantitative estimate of drug-likeness (QED) is 0.695. The van der Waals surface area contributed by atoms with E-state index in [0.717, 1.165) is 0 Å². The van der Waals surface area contributed by atoms with Crippen molar-refractivity contribution in [3.05, 3.63) is 0 Å². The molecule has 0 aliphatic heterocycles. The van der Waals surface area contributed by atoms with E-state index in [4.69, 9.17) is 0 Å². The molecule has 1 unspecified atom stereocenters. The minimum absolute atomic E-state index is 0.0926. The summed E-state index contributed by atoms with van der Waals surface area (Å²) in [6, 6.07) is 0. The van der Waals surface area contributed by atoms with Crippen molar-refractivity contribution in [2.24, 2.45) is 0 Å². The number of hydrogen-bond donors (Lipinski definition) is 0. The summed E-state index contributed by atoms with van der Waals surface area (Å²) in [5.74, 6) is -5.00. The smallest absolute Gasteiger partial charge is 0.228 e. The number of halogens is 8. The van der Waals surface area contributed by atoms with Gasteiger partial charge in [0, 0.05) is 12.7 Å². The molecule has 0 aliphatic rings. The molecule has 0 radical (unpaired) electrons. The Morgan fingerprint density at radius 3 is 1.48 bits per heavy atom. The average Bonchev–Trinajstić information content (AvgIpc) is 2.06. The Bertz CT molecular complexity index is 571. The van der Waals surface area contributed by atoms with E-state index in [1.54, 1.807) is 0 Å². The molecule has 0 aliphatic carbocycles. The second kappa shape index (κ2) is 5.52. The van der Waals surface area contributed by atoms with Crippen molar-refractivity contribution >= 4 is 19.7 Å². The van der Waals surface area contributed by atoms with Gasteiger partial charge in [-0.3, -0.25) is 0 Å². The normalized spacial score (nSPS) is 16.8. The molecule has 14 heteroatoms. The molecule has 0 saturated heterocycles. The molecule has 4 nitrogen and oxygen atoms in total. The standard InChI is InChI=1S/C7H8F8O4S2/c1-20(16,17)4(21(18,19)7(13,14)15)2-5(8,9)3-6(10,11)12/h4H,2-3H2,1H3. The highest BCUT2D eigenvalue weighted by Crippen LogP contribution is 2.39. The molecule has 0 rings (SSSR count). The lowest BCUT2D eigenvalue weighted by atomic mass is 10.2. The summed E-state index contributed by atoms with van der Waals surface area (Å²) in [6.45, 7) is 0. The third-order valence-electron chi connectivity index (χ3n) is 2.07. The van der Waals surface area contributed by atoms with Crippen molar-refractivity contribution in [2.75, 3.05) is 6.26 Å². The van der Waals surface area contributed by atoms with Crippen LogP contribution in [0.15, 0.2) is 0 Å². The number of rotatable bonds is 5. The van der Waals surface area contributed by atoms with Crippen molar-refractivity contribution in [1.82, 2.24) is 0 Å². The molecule has 21 heavy (non-hydrogen) atoms. The molecule has 0 fully saturated rings. The number of hydrogen-bond acceptors (Lipinski definition) is 4. The molecular weight excluding hydrogens is 364 g/mol. The summed E-state index contributed by atoms with van der Waals surface area (Å²) in [6.07, 6.45) is -11.2. The van der Waals surface area contributed by atoms with Crippen LogP contribution < -0.4 is 0 Å². The van der Waals surface area contributed by atoms with E-state index in [1.165, 1.54) is 0 Å². The molecule has 0 spiro atoms. The lowest BCUT2D eigenvalue weighted by Gasteiger charge is -2.23. The van der Waals surface area contributed by atoms with Gasteiger partial charge in [-0.15, -0.1) is 0 Å². The predicted octanol–water partition coefficient (Wildman–Crippen LogP) is 2.27. The van der Waals surface area contributed by atoms with Crippen molar-refractivity contribution in [3.63, 3.8) is 0 Å². The van der Waals surface area contributed by atoms with Crippen molar-refractivity contribution in [3.8, 4) is 0 Å². The second-order valence-electron chi connectivity index (χ2n) is 4.10. The van der Waals surface area contributed by atoms with Crippen LogP contribution in [0.25, 0.3) is 0 Å². The number of alkyl halides is 8. The Hall–Kier alpha value is -0.660. The molecule has 0 aromatic heterocycles. The van der Waals surface area contributed by atoms with Gasteiger partial charge in [0.25, 0.3) is 15.8 Å². The second-order valence-corrected chi connectivity index (χ2v) is 8.75. The van der Waals surface area contributed by atoms with E-state index in [0.29, 0.717) is 0 Å². The van der Waals surface area contributed by atoms with Gasteiger partial charge in [0.2, 0.25) is 0 Å². The summed E-state index contributed by atoms with van der Waals surface area (Å²) in [4.78, 5) is 0. The molecule has 0 bridgehead atoms. The minimum atomic E-state index is -6.62. The third-order valence-corrected chi connectivity index (χ3v) is 6.51. The molecule has 0 heterocycles. The first-order valence-electron chi connectivity index (χ1n) is 4.73. The Morgan fingerprint density at radius 1 is 0.857 bits per heavy atom. The van der Waals surface area contributed by atoms with E-state index in [-0.39, 0.29) is 6.26 Å². The van der Waals surface area contributed by atoms with Gasteiger partial charge < -0.3 is 0 Å². The lowest BCUT2D eigenvalue weighted by molar-refractivity contribution is -0.188. The molecule has 1 atom stereocenters. The van der Waals surface area contributed by atoms with E-state index < -0.39 is 54.7 Å². The summed E-state index contributed by atoms with van der Waals surface area (Å²) in [5.41, 5.74) is -6.20. The highest BCUT2D eigenvalue weighted by Gasteiger charge is 2.58. The fourth-order valence-electron chi connectivity index (χ4n) is 1.25. The van der Waals surface area contributed by atoms with Crippen molar-refractivity contribution in [1.29, 1.82) is 0 Å². The lowest BCUT2D eigenvalue weighted by Crippen LogP contribution is -2.43.